The summed E-state index contributed by atoms with van der Waals surface area (Å²) in [6, 6.07) is 4.56. The van der Waals surface area contributed by atoms with E-state index in [1.807, 2.05) is 0 Å². The van der Waals surface area contributed by atoms with E-state index in [1.54, 1.807) is 18.3 Å². The number of hydrogen-bond acceptors (Lipinski definition) is 2. The zero-order valence-corrected chi connectivity index (χ0v) is 12.0. The average molecular weight is 282 g/mol. The second-order valence-electron chi connectivity index (χ2n) is 5.49. The zero-order chi connectivity index (χ0) is 14.0. The summed E-state index contributed by atoms with van der Waals surface area (Å²) >= 11 is 5.76. The minimum absolute atomic E-state index is 0.0461. The molecule has 2 rings (SSSR count). The number of hydrogen-bond donors (Lipinski definition) is 2. The fourth-order valence-electron chi connectivity index (χ4n) is 1.60. The minimum Gasteiger partial charge on any atom is -0.341 e. The lowest BCUT2D eigenvalue weighted by Gasteiger charge is -2.19. The van der Waals surface area contributed by atoms with Gasteiger partial charge >= 0.3 is 0 Å². The van der Waals surface area contributed by atoms with Crippen LogP contribution in [0.5, 0.6) is 0 Å². The van der Waals surface area contributed by atoms with E-state index >= 15 is 0 Å². The molecule has 0 saturated heterocycles. The van der Waals surface area contributed by atoms with Gasteiger partial charge in [0.15, 0.2) is 0 Å². The van der Waals surface area contributed by atoms with Crippen molar-refractivity contribution in [1.29, 1.82) is 0 Å². The van der Waals surface area contributed by atoms with Gasteiger partial charge in [-0.15, -0.1) is 0 Å². The number of benzene rings is 1. The van der Waals surface area contributed by atoms with Crippen LogP contribution in [0.3, 0.4) is 0 Å². The van der Waals surface area contributed by atoms with Crippen molar-refractivity contribution in [3.05, 3.63) is 40.9 Å². The fourth-order valence-corrected chi connectivity index (χ4v) is 1.78. The fraction of sp³-hybridized carbons (Fsp3) is 0.357. The maximum Gasteiger partial charge on any atom is 0.141 e. The van der Waals surface area contributed by atoms with E-state index in [1.165, 1.54) is 6.07 Å². The first kappa shape index (κ1) is 14.0. The second-order valence-corrected chi connectivity index (χ2v) is 5.90. The molecule has 0 atom stereocenters. The average Bonchev–Trinajstić information content (AvgIpc) is 2.78. The summed E-state index contributed by atoms with van der Waals surface area (Å²) in [6.45, 7) is 7.00. The predicted molar refractivity (Wildman–Crippen MR) is 75.6 cm³/mol. The zero-order valence-electron chi connectivity index (χ0n) is 11.2. The highest BCUT2D eigenvalue weighted by Gasteiger charge is 2.10. The van der Waals surface area contributed by atoms with Crippen LogP contribution in [-0.2, 0) is 6.54 Å². The van der Waals surface area contributed by atoms with Crippen molar-refractivity contribution < 1.29 is 4.39 Å². The molecule has 0 aliphatic heterocycles. The van der Waals surface area contributed by atoms with E-state index in [2.05, 4.69) is 36.1 Å². The Balaban J connectivity index is 2.14. The topological polar surface area (TPSA) is 40.7 Å². The van der Waals surface area contributed by atoms with Crippen LogP contribution in [0.2, 0.25) is 5.02 Å². The normalized spacial score (nSPS) is 11.8. The molecule has 102 valence electrons. The van der Waals surface area contributed by atoms with Crippen LogP contribution in [0.1, 0.15) is 26.5 Å². The molecule has 0 spiro atoms. The van der Waals surface area contributed by atoms with E-state index in [0.717, 1.165) is 11.3 Å². The Morgan fingerprint density at radius 3 is 2.74 bits per heavy atom. The highest BCUT2D eigenvalue weighted by Crippen LogP contribution is 2.22. The van der Waals surface area contributed by atoms with Gasteiger partial charge in [0, 0.05) is 29.5 Å². The summed E-state index contributed by atoms with van der Waals surface area (Å²) in [5, 5.41) is 3.47. The predicted octanol–water partition coefficient (Wildman–Crippen LogP) is 3.76. The van der Waals surface area contributed by atoms with Crippen molar-refractivity contribution in [3.8, 4) is 11.4 Å². The molecule has 0 aliphatic carbocycles. The van der Waals surface area contributed by atoms with E-state index < -0.39 is 5.82 Å². The molecule has 0 saturated carbocycles. The molecule has 0 unspecified atom stereocenters. The summed E-state index contributed by atoms with van der Waals surface area (Å²) in [6.07, 6.45) is 1.77. The Morgan fingerprint density at radius 1 is 1.37 bits per heavy atom. The number of halogens is 2. The molecule has 1 heterocycles. The van der Waals surface area contributed by atoms with Gasteiger partial charge in [-0.05, 0) is 39.0 Å². The molecule has 3 nitrogen and oxygen atoms in total. The molecule has 0 aliphatic rings. The standard InChI is InChI=1S/C14H17ClFN3/c1-14(2,3)18-8-10-7-17-13(19-10)9-4-5-12(16)11(15)6-9/h4-7,18H,8H2,1-3H3,(H,17,19). The molecular weight excluding hydrogens is 265 g/mol. The van der Waals surface area contributed by atoms with Gasteiger partial charge in [-0.3, -0.25) is 0 Å². The third-order valence-corrected chi connectivity index (χ3v) is 2.92. The molecule has 19 heavy (non-hydrogen) atoms. The maximum absolute atomic E-state index is 13.1. The van der Waals surface area contributed by atoms with Gasteiger partial charge in [0.2, 0.25) is 0 Å². The molecule has 5 heteroatoms. The monoisotopic (exact) mass is 281 g/mol. The molecule has 0 bridgehead atoms. The SMILES string of the molecule is CC(C)(C)NCc1cnc(-c2ccc(F)c(Cl)c2)[nH]1. The van der Waals surface area contributed by atoms with Crippen LogP contribution in [-0.4, -0.2) is 15.5 Å². The van der Waals surface area contributed by atoms with Crippen molar-refractivity contribution >= 4 is 11.6 Å². The van der Waals surface area contributed by atoms with Crippen LogP contribution in [0.15, 0.2) is 24.4 Å². The Hall–Kier alpha value is -1.39. The van der Waals surface area contributed by atoms with Crippen LogP contribution < -0.4 is 5.32 Å². The molecule has 2 N–H and O–H groups in total. The summed E-state index contributed by atoms with van der Waals surface area (Å²) < 4.78 is 13.1. The lowest BCUT2D eigenvalue weighted by atomic mass is 10.1. The summed E-state index contributed by atoms with van der Waals surface area (Å²) in [5.41, 5.74) is 1.79. The van der Waals surface area contributed by atoms with Gasteiger partial charge in [-0.1, -0.05) is 11.6 Å². The number of aromatic amines is 1. The number of imidazole rings is 1. The van der Waals surface area contributed by atoms with E-state index in [9.17, 15) is 4.39 Å². The van der Waals surface area contributed by atoms with Gasteiger partial charge in [0.1, 0.15) is 11.6 Å². The van der Waals surface area contributed by atoms with Crippen molar-refractivity contribution in [2.75, 3.05) is 0 Å². The number of rotatable bonds is 3. The third-order valence-electron chi connectivity index (χ3n) is 2.63. The number of H-pyrrole nitrogens is 1. The van der Waals surface area contributed by atoms with Crippen LogP contribution in [0.25, 0.3) is 11.4 Å². The van der Waals surface area contributed by atoms with Crippen LogP contribution >= 0.6 is 11.6 Å². The Morgan fingerprint density at radius 2 is 2.11 bits per heavy atom. The summed E-state index contributed by atoms with van der Waals surface area (Å²) in [4.78, 5) is 7.48. The lowest BCUT2D eigenvalue weighted by Crippen LogP contribution is -2.35. The van der Waals surface area contributed by atoms with Crippen molar-refractivity contribution in [1.82, 2.24) is 15.3 Å². The number of nitrogens with one attached hydrogen (secondary N) is 2. The Kier molecular flexibility index (Phi) is 3.92. The van der Waals surface area contributed by atoms with E-state index in [4.69, 9.17) is 11.6 Å². The third kappa shape index (κ3) is 3.78. The first-order valence-electron chi connectivity index (χ1n) is 6.09. The first-order chi connectivity index (χ1) is 8.85. The molecule has 1 aromatic heterocycles. The van der Waals surface area contributed by atoms with Crippen molar-refractivity contribution in [2.45, 2.75) is 32.9 Å². The maximum atomic E-state index is 13.1. The largest absolute Gasteiger partial charge is 0.341 e. The van der Waals surface area contributed by atoms with Gasteiger partial charge < -0.3 is 10.3 Å². The van der Waals surface area contributed by atoms with Crippen LogP contribution in [0, 0.1) is 5.82 Å². The molecule has 0 radical (unpaired) electrons. The Bertz CT molecular complexity index is 572. The van der Waals surface area contributed by atoms with E-state index in [0.29, 0.717) is 12.4 Å². The highest BCUT2D eigenvalue weighted by molar-refractivity contribution is 6.31. The van der Waals surface area contributed by atoms with Gasteiger partial charge in [-0.2, -0.15) is 0 Å². The quantitative estimate of drug-likeness (QED) is 0.899. The van der Waals surface area contributed by atoms with Gasteiger partial charge in [0.05, 0.1) is 5.02 Å². The molecule has 0 fully saturated rings. The molecule has 1 aromatic carbocycles. The van der Waals surface area contributed by atoms with Crippen LogP contribution in [0.4, 0.5) is 4.39 Å². The highest BCUT2D eigenvalue weighted by atomic mass is 35.5. The Labute approximate surface area is 117 Å². The molecule has 0 amide bonds. The summed E-state index contributed by atoms with van der Waals surface area (Å²) in [7, 11) is 0. The number of nitrogens with zero attached hydrogens (tertiary/aromatic N) is 1. The number of aromatic nitrogens is 2. The lowest BCUT2D eigenvalue weighted by molar-refractivity contribution is 0.422. The second kappa shape index (κ2) is 5.31. The molecular formula is C14H17ClFN3. The van der Waals surface area contributed by atoms with Crippen molar-refractivity contribution in [2.24, 2.45) is 0 Å². The van der Waals surface area contributed by atoms with Gasteiger partial charge in [-0.25, -0.2) is 9.37 Å². The van der Waals surface area contributed by atoms with Gasteiger partial charge in [0.25, 0.3) is 0 Å². The summed E-state index contributed by atoms with van der Waals surface area (Å²) in [5.74, 6) is 0.263. The van der Waals surface area contributed by atoms with Crippen molar-refractivity contribution in [3.63, 3.8) is 0 Å². The minimum atomic E-state index is -0.424. The smallest absolute Gasteiger partial charge is 0.141 e. The first-order valence-corrected chi connectivity index (χ1v) is 6.47. The van der Waals surface area contributed by atoms with E-state index in [-0.39, 0.29) is 10.6 Å². The molecule has 2 aromatic rings.